The number of methoxy groups -OCH3 is 1. The first-order chi connectivity index (χ1) is 12.5. The molecule has 26 heavy (non-hydrogen) atoms. The predicted octanol–water partition coefficient (Wildman–Crippen LogP) is 2.28. The van der Waals surface area contributed by atoms with Crippen molar-refractivity contribution in [3.8, 4) is 6.07 Å². The van der Waals surface area contributed by atoms with Crippen LogP contribution in [0, 0.1) is 23.0 Å². The lowest BCUT2D eigenvalue weighted by molar-refractivity contribution is -0.145. The van der Waals surface area contributed by atoms with E-state index in [1.807, 2.05) is 6.07 Å². The number of carbonyl (C=O) groups excluding carboxylic acids is 2. The van der Waals surface area contributed by atoms with Gasteiger partial charge in [0.05, 0.1) is 25.2 Å². The lowest BCUT2D eigenvalue weighted by Crippen LogP contribution is -2.44. The van der Waals surface area contributed by atoms with Crippen molar-refractivity contribution in [2.24, 2.45) is 0 Å². The molecule has 0 aromatic heterocycles. The molecule has 1 amide bonds. The van der Waals surface area contributed by atoms with Gasteiger partial charge >= 0.3 is 5.97 Å². The van der Waals surface area contributed by atoms with E-state index in [-0.39, 0.29) is 12.0 Å². The summed E-state index contributed by atoms with van der Waals surface area (Å²) >= 11 is 0. The van der Waals surface area contributed by atoms with Crippen molar-refractivity contribution in [2.45, 2.75) is 18.9 Å². The average molecular weight is 358 g/mol. The maximum absolute atomic E-state index is 13.7. The van der Waals surface area contributed by atoms with Gasteiger partial charge in [-0.3, -0.25) is 4.79 Å². The summed E-state index contributed by atoms with van der Waals surface area (Å²) in [5.74, 6) is -3.15. The number of nitrogens with one attached hydrogen (secondary N) is 1. The molecule has 0 fully saturated rings. The minimum atomic E-state index is -1.09. The molecule has 0 aliphatic heterocycles. The van der Waals surface area contributed by atoms with E-state index in [9.17, 15) is 18.4 Å². The molecule has 0 aliphatic rings. The predicted molar refractivity (Wildman–Crippen MR) is 88.9 cm³/mol. The zero-order valence-corrected chi connectivity index (χ0v) is 14.0. The van der Waals surface area contributed by atoms with Crippen LogP contribution < -0.4 is 5.32 Å². The average Bonchev–Trinajstić information content (AvgIpc) is 2.64. The molecule has 1 atom stereocenters. The van der Waals surface area contributed by atoms with Gasteiger partial charge in [-0.05, 0) is 23.8 Å². The zero-order valence-electron chi connectivity index (χ0n) is 14.0. The highest BCUT2D eigenvalue weighted by Crippen LogP contribution is 2.14. The minimum absolute atomic E-state index is 0.0158. The van der Waals surface area contributed by atoms with Gasteiger partial charge in [0.1, 0.15) is 17.7 Å². The summed E-state index contributed by atoms with van der Waals surface area (Å²) < 4.78 is 32.0. The van der Waals surface area contributed by atoms with Crippen LogP contribution >= 0.6 is 0 Å². The molecule has 0 saturated carbocycles. The fourth-order valence-corrected chi connectivity index (χ4v) is 2.47. The van der Waals surface area contributed by atoms with Crippen LogP contribution in [0.25, 0.3) is 0 Å². The molecule has 0 bridgehead atoms. The number of amides is 1. The number of rotatable bonds is 6. The van der Waals surface area contributed by atoms with E-state index in [4.69, 9.17) is 5.26 Å². The first kappa shape index (κ1) is 19.1. The third kappa shape index (κ3) is 4.63. The Morgan fingerprint density at radius 3 is 2.42 bits per heavy atom. The zero-order chi connectivity index (χ0) is 19.1. The molecule has 0 radical (unpaired) electrons. The first-order valence-corrected chi connectivity index (χ1v) is 7.74. The van der Waals surface area contributed by atoms with Gasteiger partial charge in [0.2, 0.25) is 5.91 Å². The van der Waals surface area contributed by atoms with E-state index in [0.717, 1.165) is 19.2 Å². The monoisotopic (exact) mass is 358 g/mol. The van der Waals surface area contributed by atoms with E-state index >= 15 is 0 Å². The smallest absolute Gasteiger partial charge is 0.328 e. The third-order valence-corrected chi connectivity index (χ3v) is 3.78. The van der Waals surface area contributed by atoms with Gasteiger partial charge in [-0.2, -0.15) is 5.26 Å². The summed E-state index contributed by atoms with van der Waals surface area (Å²) in [6.45, 7) is 0. The number of nitriles is 1. The molecule has 5 nitrogen and oxygen atoms in total. The Morgan fingerprint density at radius 1 is 1.15 bits per heavy atom. The van der Waals surface area contributed by atoms with Crippen LogP contribution in [0.4, 0.5) is 8.78 Å². The van der Waals surface area contributed by atoms with E-state index in [2.05, 4.69) is 10.1 Å². The highest BCUT2D eigenvalue weighted by Gasteiger charge is 2.24. The fraction of sp³-hybridized carbons (Fsp3) is 0.211. The molecular formula is C19H16F2N2O3. The largest absolute Gasteiger partial charge is 0.467 e. The van der Waals surface area contributed by atoms with Gasteiger partial charge < -0.3 is 10.1 Å². The standard InChI is InChI=1S/C19H16F2N2O3/c1-26-19(25)17(9-12-5-2-3-6-13(12)11-22)23-18(24)10-14-15(20)7-4-8-16(14)21/h2-8,17H,9-10H2,1H3,(H,23,24)/t17-/m0/s1. The molecule has 0 heterocycles. The highest BCUT2D eigenvalue weighted by atomic mass is 19.1. The van der Waals surface area contributed by atoms with Crippen LogP contribution in [0.2, 0.25) is 0 Å². The van der Waals surface area contributed by atoms with Crippen molar-refractivity contribution in [2.75, 3.05) is 7.11 Å². The van der Waals surface area contributed by atoms with E-state index in [1.165, 1.54) is 6.07 Å². The number of esters is 1. The van der Waals surface area contributed by atoms with Gasteiger partial charge in [0.15, 0.2) is 0 Å². The van der Waals surface area contributed by atoms with Crippen LogP contribution in [0.15, 0.2) is 42.5 Å². The Kier molecular flexibility index (Phi) is 6.39. The highest BCUT2D eigenvalue weighted by molar-refractivity contribution is 5.86. The van der Waals surface area contributed by atoms with Gasteiger partial charge in [0, 0.05) is 12.0 Å². The Hall–Kier alpha value is -3.27. The number of benzene rings is 2. The molecule has 0 unspecified atom stereocenters. The molecule has 7 heteroatoms. The Bertz CT molecular complexity index is 842. The normalized spacial score (nSPS) is 11.3. The van der Waals surface area contributed by atoms with Gasteiger partial charge in [-0.15, -0.1) is 0 Å². The number of carbonyl (C=O) groups is 2. The van der Waals surface area contributed by atoms with Crippen LogP contribution in [-0.2, 0) is 27.2 Å². The van der Waals surface area contributed by atoms with Crippen LogP contribution in [-0.4, -0.2) is 25.0 Å². The summed E-state index contributed by atoms with van der Waals surface area (Å²) in [5, 5.41) is 11.5. The molecule has 1 N–H and O–H groups in total. The third-order valence-electron chi connectivity index (χ3n) is 3.78. The van der Waals surface area contributed by atoms with Gasteiger partial charge in [0.25, 0.3) is 0 Å². The number of nitrogens with zero attached hydrogens (tertiary/aromatic N) is 1. The van der Waals surface area contributed by atoms with Crippen LogP contribution in [0.3, 0.4) is 0 Å². The molecular weight excluding hydrogens is 342 g/mol. The molecule has 134 valence electrons. The van der Waals surface area contributed by atoms with Crippen molar-refractivity contribution in [3.05, 3.63) is 70.8 Å². The van der Waals surface area contributed by atoms with Crippen molar-refractivity contribution >= 4 is 11.9 Å². The second-order valence-electron chi connectivity index (χ2n) is 5.49. The maximum atomic E-state index is 13.7. The Morgan fingerprint density at radius 2 is 1.81 bits per heavy atom. The molecule has 2 aromatic rings. The summed E-state index contributed by atoms with van der Waals surface area (Å²) in [6, 6.07) is 10.8. The quantitative estimate of drug-likeness (QED) is 0.804. The lowest BCUT2D eigenvalue weighted by atomic mass is 10.0. The summed E-state index contributed by atoms with van der Waals surface area (Å²) in [7, 11) is 1.16. The second-order valence-corrected chi connectivity index (χ2v) is 5.49. The molecule has 2 aromatic carbocycles. The SMILES string of the molecule is COC(=O)[C@H](Cc1ccccc1C#N)NC(=O)Cc1c(F)cccc1F. The number of halogens is 2. The van der Waals surface area contributed by atoms with Gasteiger partial charge in [-0.25, -0.2) is 13.6 Å². The lowest BCUT2D eigenvalue weighted by Gasteiger charge is -2.17. The second kappa shape index (κ2) is 8.72. The number of hydrogen-bond donors (Lipinski definition) is 1. The first-order valence-electron chi connectivity index (χ1n) is 7.74. The summed E-state index contributed by atoms with van der Waals surface area (Å²) in [5.41, 5.74) is 0.518. The Labute approximate surface area is 149 Å². The number of ether oxygens (including phenoxy) is 1. The van der Waals surface area contributed by atoms with E-state index < -0.39 is 36.0 Å². The van der Waals surface area contributed by atoms with Crippen molar-refractivity contribution in [1.29, 1.82) is 5.26 Å². The van der Waals surface area contributed by atoms with Crippen molar-refractivity contribution in [3.63, 3.8) is 0 Å². The summed E-state index contributed by atoms with van der Waals surface area (Å²) in [6.07, 6.45) is -0.548. The number of hydrogen-bond acceptors (Lipinski definition) is 4. The molecule has 0 aliphatic carbocycles. The van der Waals surface area contributed by atoms with Crippen LogP contribution in [0.5, 0.6) is 0 Å². The van der Waals surface area contributed by atoms with Crippen molar-refractivity contribution in [1.82, 2.24) is 5.32 Å². The summed E-state index contributed by atoms with van der Waals surface area (Å²) in [4.78, 5) is 24.1. The Balaban J connectivity index is 2.16. The molecule has 0 saturated heterocycles. The minimum Gasteiger partial charge on any atom is -0.467 e. The molecule has 2 rings (SSSR count). The molecule has 0 spiro atoms. The topological polar surface area (TPSA) is 79.2 Å². The van der Waals surface area contributed by atoms with Gasteiger partial charge in [-0.1, -0.05) is 24.3 Å². The van der Waals surface area contributed by atoms with E-state index in [0.29, 0.717) is 11.1 Å². The fourth-order valence-electron chi connectivity index (χ4n) is 2.47. The van der Waals surface area contributed by atoms with E-state index in [1.54, 1.807) is 24.3 Å². The van der Waals surface area contributed by atoms with Crippen molar-refractivity contribution < 1.29 is 23.1 Å². The maximum Gasteiger partial charge on any atom is 0.328 e. The van der Waals surface area contributed by atoms with Crippen LogP contribution in [0.1, 0.15) is 16.7 Å².